The number of amides is 2. The Kier molecular flexibility index (Phi) is 4.81. The molecule has 1 unspecified atom stereocenters. The molecule has 3 rings (SSSR count). The van der Waals surface area contributed by atoms with Gasteiger partial charge in [0.1, 0.15) is 0 Å². The van der Waals surface area contributed by atoms with Gasteiger partial charge in [-0.25, -0.2) is 0 Å². The van der Waals surface area contributed by atoms with Crippen LogP contribution in [0.15, 0.2) is 42.6 Å². The minimum Gasteiger partial charge on any atom is -0.336 e. The zero-order valence-corrected chi connectivity index (χ0v) is 14.1. The number of carbonyl (C=O) groups excluding carboxylic acids is 2. The second kappa shape index (κ2) is 7.01. The molecular formula is C18H18ClN3O2. The van der Waals surface area contributed by atoms with E-state index in [0.717, 1.165) is 11.3 Å². The normalized spacial score (nSPS) is 17.2. The number of anilines is 1. The minimum absolute atomic E-state index is 0.0244. The predicted molar refractivity (Wildman–Crippen MR) is 92.6 cm³/mol. The molecule has 1 aliphatic rings. The van der Waals surface area contributed by atoms with Crippen LogP contribution in [0.2, 0.25) is 5.02 Å². The molecule has 0 radical (unpaired) electrons. The average molecular weight is 344 g/mol. The molecule has 0 spiro atoms. The van der Waals surface area contributed by atoms with Crippen molar-refractivity contribution >= 4 is 29.1 Å². The van der Waals surface area contributed by atoms with E-state index >= 15 is 0 Å². The molecule has 1 aliphatic heterocycles. The Labute approximate surface area is 145 Å². The molecule has 2 amide bonds. The lowest BCUT2D eigenvalue weighted by Crippen LogP contribution is -2.28. The highest BCUT2D eigenvalue weighted by Crippen LogP contribution is 2.24. The number of nitrogens with zero attached hydrogens (tertiary/aromatic N) is 2. The van der Waals surface area contributed by atoms with E-state index in [2.05, 4.69) is 10.3 Å². The summed E-state index contributed by atoms with van der Waals surface area (Å²) in [5.74, 6) is -0.541. The second-order valence-electron chi connectivity index (χ2n) is 5.94. The molecule has 6 heteroatoms. The quantitative estimate of drug-likeness (QED) is 0.928. The molecule has 1 aromatic carbocycles. The summed E-state index contributed by atoms with van der Waals surface area (Å²) in [6, 6.07) is 10.9. The van der Waals surface area contributed by atoms with Crippen molar-refractivity contribution in [3.63, 3.8) is 0 Å². The highest BCUT2D eigenvalue weighted by atomic mass is 35.5. The van der Waals surface area contributed by atoms with Gasteiger partial charge < -0.3 is 10.2 Å². The summed E-state index contributed by atoms with van der Waals surface area (Å²) in [6.07, 6.45) is 1.92. The average Bonchev–Trinajstić information content (AvgIpc) is 2.93. The van der Waals surface area contributed by atoms with Gasteiger partial charge in [0.2, 0.25) is 11.8 Å². The van der Waals surface area contributed by atoms with Crippen molar-refractivity contribution in [1.29, 1.82) is 0 Å². The van der Waals surface area contributed by atoms with Gasteiger partial charge in [0.25, 0.3) is 0 Å². The maximum atomic E-state index is 12.5. The Morgan fingerprint density at radius 2 is 2.21 bits per heavy atom. The van der Waals surface area contributed by atoms with Gasteiger partial charge in [-0.05, 0) is 36.8 Å². The van der Waals surface area contributed by atoms with E-state index in [-0.39, 0.29) is 24.2 Å². The Hall–Kier alpha value is -2.40. The smallest absolute Gasteiger partial charge is 0.229 e. The molecular weight excluding hydrogens is 326 g/mol. The molecule has 24 heavy (non-hydrogen) atoms. The summed E-state index contributed by atoms with van der Waals surface area (Å²) in [7, 11) is 0. The summed E-state index contributed by atoms with van der Waals surface area (Å²) in [5.41, 5.74) is 2.43. The molecule has 1 aromatic heterocycles. The number of halogens is 1. The van der Waals surface area contributed by atoms with Crippen molar-refractivity contribution < 1.29 is 9.59 Å². The second-order valence-corrected chi connectivity index (χ2v) is 6.38. The SMILES string of the molecule is Cc1ccc(Cl)cc1NC(=O)C1CC(=O)N(Cc2ccccn2)C1. The highest BCUT2D eigenvalue weighted by Gasteiger charge is 2.34. The number of hydrogen-bond acceptors (Lipinski definition) is 3. The summed E-state index contributed by atoms with van der Waals surface area (Å²) < 4.78 is 0. The van der Waals surface area contributed by atoms with Crippen molar-refractivity contribution in [2.24, 2.45) is 5.92 Å². The molecule has 0 saturated carbocycles. The van der Waals surface area contributed by atoms with Crippen LogP contribution < -0.4 is 5.32 Å². The van der Waals surface area contributed by atoms with Crippen LogP contribution in [0.3, 0.4) is 0 Å². The highest BCUT2D eigenvalue weighted by molar-refractivity contribution is 6.31. The molecule has 0 aliphatic carbocycles. The number of aryl methyl sites for hydroxylation is 1. The first-order chi connectivity index (χ1) is 11.5. The Balaban J connectivity index is 1.64. The van der Waals surface area contributed by atoms with Crippen LogP contribution in [-0.2, 0) is 16.1 Å². The van der Waals surface area contributed by atoms with E-state index in [1.54, 1.807) is 23.2 Å². The molecule has 0 bridgehead atoms. The summed E-state index contributed by atoms with van der Waals surface area (Å²) in [5, 5.41) is 3.45. The first-order valence-corrected chi connectivity index (χ1v) is 8.15. The Morgan fingerprint density at radius 1 is 1.38 bits per heavy atom. The van der Waals surface area contributed by atoms with Gasteiger partial charge in [0.15, 0.2) is 0 Å². The fourth-order valence-electron chi connectivity index (χ4n) is 2.75. The number of hydrogen-bond donors (Lipinski definition) is 1. The van der Waals surface area contributed by atoms with Crippen LogP contribution in [0.25, 0.3) is 0 Å². The van der Waals surface area contributed by atoms with E-state index in [4.69, 9.17) is 11.6 Å². The van der Waals surface area contributed by atoms with E-state index in [1.807, 2.05) is 31.2 Å². The zero-order valence-electron chi connectivity index (χ0n) is 13.3. The summed E-state index contributed by atoms with van der Waals surface area (Å²) >= 11 is 5.98. The van der Waals surface area contributed by atoms with Crippen molar-refractivity contribution in [2.75, 3.05) is 11.9 Å². The minimum atomic E-state index is -0.361. The predicted octanol–water partition coefficient (Wildman–Crippen LogP) is 3.03. The van der Waals surface area contributed by atoms with Crippen LogP contribution in [0.5, 0.6) is 0 Å². The van der Waals surface area contributed by atoms with Gasteiger partial charge in [-0.15, -0.1) is 0 Å². The number of pyridine rings is 1. The number of likely N-dealkylation sites (tertiary alicyclic amines) is 1. The number of nitrogens with one attached hydrogen (secondary N) is 1. The van der Waals surface area contributed by atoms with Crippen molar-refractivity contribution in [1.82, 2.24) is 9.88 Å². The number of carbonyl (C=O) groups is 2. The number of rotatable bonds is 4. The van der Waals surface area contributed by atoms with E-state index < -0.39 is 0 Å². The monoisotopic (exact) mass is 343 g/mol. The molecule has 1 fully saturated rings. The van der Waals surface area contributed by atoms with E-state index in [9.17, 15) is 9.59 Å². The van der Waals surface area contributed by atoms with Crippen molar-refractivity contribution in [3.8, 4) is 0 Å². The molecule has 1 atom stereocenters. The number of aromatic nitrogens is 1. The fourth-order valence-corrected chi connectivity index (χ4v) is 2.92. The van der Waals surface area contributed by atoms with Gasteiger partial charge in [-0.2, -0.15) is 0 Å². The topological polar surface area (TPSA) is 62.3 Å². The van der Waals surface area contributed by atoms with Crippen LogP contribution in [-0.4, -0.2) is 28.2 Å². The standard InChI is InChI=1S/C18H18ClN3O2/c1-12-5-6-14(19)9-16(12)21-18(24)13-8-17(23)22(10-13)11-15-4-2-3-7-20-15/h2-7,9,13H,8,10-11H2,1H3,(H,21,24). The Morgan fingerprint density at radius 3 is 2.96 bits per heavy atom. The van der Waals surface area contributed by atoms with Gasteiger partial charge in [0, 0.05) is 29.9 Å². The van der Waals surface area contributed by atoms with Gasteiger partial charge in [-0.3, -0.25) is 14.6 Å². The van der Waals surface area contributed by atoms with Crippen LogP contribution in [0.4, 0.5) is 5.69 Å². The van der Waals surface area contributed by atoms with Gasteiger partial charge in [0.05, 0.1) is 18.2 Å². The Bertz CT molecular complexity index is 764. The molecule has 2 aromatic rings. The van der Waals surface area contributed by atoms with E-state index in [0.29, 0.717) is 23.8 Å². The molecule has 5 nitrogen and oxygen atoms in total. The third-order valence-corrected chi connectivity index (χ3v) is 4.36. The molecule has 1 N–H and O–H groups in total. The van der Waals surface area contributed by atoms with Crippen molar-refractivity contribution in [3.05, 3.63) is 58.9 Å². The number of benzene rings is 1. The largest absolute Gasteiger partial charge is 0.336 e. The molecule has 124 valence electrons. The lowest BCUT2D eigenvalue weighted by Gasteiger charge is -2.16. The maximum absolute atomic E-state index is 12.5. The lowest BCUT2D eigenvalue weighted by atomic mass is 10.1. The van der Waals surface area contributed by atoms with Crippen LogP contribution >= 0.6 is 11.6 Å². The lowest BCUT2D eigenvalue weighted by molar-refractivity contribution is -0.128. The van der Waals surface area contributed by atoms with Crippen LogP contribution in [0, 0.1) is 12.8 Å². The third kappa shape index (κ3) is 3.74. The molecule has 1 saturated heterocycles. The van der Waals surface area contributed by atoms with Gasteiger partial charge in [-0.1, -0.05) is 23.7 Å². The summed E-state index contributed by atoms with van der Waals surface area (Å²) in [6.45, 7) is 2.74. The van der Waals surface area contributed by atoms with Crippen molar-refractivity contribution in [2.45, 2.75) is 19.9 Å². The third-order valence-electron chi connectivity index (χ3n) is 4.12. The molecule has 2 heterocycles. The maximum Gasteiger partial charge on any atom is 0.229 e. The fraction of sp³-hybridized carbons (Fsp3) is 0.278. The van der Waals surface area contributed by atoms with Crippen LogP contribution in [0.1, 0.15) is 17.7 Å². The first-order valence-electron chi connectivity index (χ1n) is 7.77. The van der Waals surface area contributed by atoms with Gasteiger partial charge >= 0.3 is 0 Å². The zero-order chi connectivity index (χ0) is 17.1. The summed E-state index contributed by atoms with van der Waals surface area (Å²) in [4.78, 5) is 30.5. The van der Waals surface area contributed by atoms with E-state index in [1.165, 1.54) is 0 Å². The first kappa shape index (κ1) is 16.5.